The second kappa shape index (κ2) is 6.18. The Labute approximate surface area is 129 Å². The maximum Gasteiger partial charge on any atom is 0.240 e. The molecular formula is C16H20N2O2S. The predicted molar refractivity (Wildman–Crippen MR) is 82.9 cm³/mol. The molecule has 1 aliphatic carbocycles. The van der Waals surface area contributed by atoms with Gasteiger partial charge < -0.3 is 10.4 Å². The number of rotatable bonds is 2. The second-order valence-electron chi connectivity index (χ2n) is 5.68. The van der Waals surface area contributed by atoms with Crippen molar-refractivity contribution in [3.63, 3.8) is 0 Å². The zero-order valence-electron chi connectivity index (χ0n) is 12.0. The molecule has 4 nitrogen and oxygen atoms in total. The van der Waals surface area contributed by atoms with Gasteiger partial charge in [-0.05, 0) is 18.9 Å². The number of aliphatic hydroxyl groups is 1. The monoisotopic (exact) mass is 304 g/mol. The maximum absolute atomic E-state index is 12.4. The van der Waals surface area contributed by atoms with Crippen LogP contribution in [0, 0.1) is 11.8 Å². The summed E-state index contributed by atoms with van der Waals surface area (Å²) in [6, 6.07) is 2.07. The average molecular weight is 304 g/mol. The molecule has 1 saturated carbocycles. The van der Waals surface area contributed by atoms with Crippen molar-refractivity contribution in [2.75, 3.05) is 19.7 Å². The van der Waals surface area contributed by atoms with Crippen molar-refractivity contribution in [2.24, 2.45) is 0 Å². The minimum atomic E-state index is -0.279. The summed E-state index contributed by atoms with van der Waals surface area (Å²) in [7, 11) is 0. The van der Waals surface area contributed by atoms with Crippen LogP contribution in [0.25, 0.3) is 0 Å². The fourth-order valence-electron chi connectivity index (χ4n) is 3.42. The molecule has 1 spiro atoms. The van der Waals surface area contributed by atoms with Gasteiger partial charge in [0.25, 0.3) is 0 Å². The number of nitrogens with one attached hydrogen (secondary N) is 1. The molecule has 1 aromatic rings. The number of hydrogen-bond donors (Lipinski definition) is 2. The molecule has 1 amide bonds. The standard InChI is InChI=1S/C16H20N2O2S/c19-9-3-4-13-10-14(21-12-13)11-18-8-7-17-15(20)16(18)5-1-2-6-16/h10,12,19H,1-2,5-9,11H2,(H,17,20). The highest BCUT2D eigenvalue weighted by molar-refractivity contribution is 7.10. The average Bonchev–Trinajstić information content (AvgIpc) is 3.12. The maximum atomic E-state index is 12.4. The number of thiophene rings is 1. The highest BCUT2D eigenvalue weighted by Gasteiger charge is 2.47. The summed E-state index contributed by atoms with van der Waals surface area (Å²) in [6.45, 7) is 2.36. The second-order valence-corrected chi connectivity index (χ2v) is 6.67. The van der Waals surface area contributed by atoms with Crippen LogP contribution in [0.5, 0.6) is 0 Å². The molecule has 0 bridgehead atoms. The van der Waals surface area contributed by atoms with Gasteiger partial charge in [0.1, 0.15) is 12.1 Å². The molecule has 2 aliphatic rings. The highest BCUT2D eigenvalue weighted by atomic mass is 32.1. The summed E-state index contributed by atoms with van der Waals surface area (Å²) in [6.07, 6.45) is 4.23. The molecule has 5 heteroatoms. The van der Waals surface area contributed by atoms with Gasteiger partial charge in [0, 0.05) is 35.5 Å². The van der Waals surface area contributed by atoms with E-state index in [1.807, 2.05) is 5.38 Å². The third-order valence-corrected chi connectivity index (χ3v) is 5.36. The van der Waals surface area contributed by atoms with Crippen molar-refractivity contribution in [3.05, 3.63) is 21.9 Å². The first-order valence-corrected chi connectivity index (χ1v) is 8.33. The topological polar surface area (TPSA) is 52.6 Å². The normalized spacial score (nSPS) is 21.1. The van der Waals surface area contributed by atoms with E-state index in [0.29, 0.717) is 0 Å². The van der Waals surface area contributed by atoms with Crippen molar-refractivity contribution in [1.29, 1.82) is 0 Å². The smallest absolute Gasteiger partial charge is 0.240 e. The third-order valence-electron chi connectivity index (χ3n) is 4.44. The SMILES string of the molecule is O=C1NCCN(Cc2cc(C#CCO)cs2)C12CCCC2. The summed E-state index contributed by atoms with van der Waals surface area (Å²) in [4.78, 5) is 16.0. The minimum Gasteiger partial charge on any atom is -0.384 e. The summed E-state index contributed by atoms with van der Waals surface area (Å²) in [5.74, 6) is 5.82. The van der Waals surface area contributed by atoms with Crippen molar-refractivity contribution in [2.45, 2.75) is 37.8 Å². The van der Waals surface area contributed by atoms with Crippen LogP contribution in [0.4, 0.5) is 0 Å². The number of carbonyl (C=O) groups excluding carboxylic acids is 1. The van der Waals surface area contributed by atoms with Gasteiger partial charge in [0.15, 0.2) is 0 Å². The van der Waals surface area contributed by atoms with Crippen LogP contribution in [0.15, 0.2) is 11.4 Å². The summed E-state index contributed by atoms with van der Waals surface area (Å²) >= 11 is 1.68. The quantitative estimate of drug-likeness (QED) is 0.811. The molecule has 3 rings (SSSR count). The minimum absolute atomic E-state index is 0.111. The Morgan fingerprint density at radius 3 is 3.00 bits per heavy atom. The molecule has 1 aromatic heterocycles. The van der Waals surface area contributed by atoms with Gasteiger partial charge in [-0.25, -0.2) is 0 Å². The summed E-state index contributed by atoms with van der Waals surface area (Å²) < 4.78 is 0. The molecule has 2 N–H and O–H groups in total. The van der Waals surface area contributed by atoms with E-state index in [1.165, 1.54) is 4.88 Å². The van der Waals surface area contributed by atoms with Gasteiger partial charge in [-0.1, -0.05) is 24.7 Å². The van der Waals surface area contributed by atoms with Crippen LogP contribution >= 0.6 is 11.3 Å². The van der Waals surface area contributed by atoms with Crippen LogP contribution in [0.1, 0.15) is 36.1 Å². The van der Waals surface area contributed by atoms with E-state index in [2.05, 4.69) is 28.1 Å². The number of hydrogen-bond acceptors (Lipinski definition) is 4. The van der Waals surface area contributed by atoms with E-state index < -0.39 is 0 Å². The predicted octanol–water partition coefficient (Wildman–Crippen LogP) is 1.34. The Balaban J connectivity index is 1.76. The van der Waals surface area contributed by atoms with Gasteiger partial charge in [-0.3, -0.25) is 9.69 Å². The molecule has 0 atom stereocenters. The van der Waals surface area contributed by atoms with Crippen molar-refractivity contribution in [3.8, 4) is 11.8 Å². The van der Waals surface area contributed by atoms with Crippen LogP contribution in [0.3, 0.4) is 0 Å². The Hall–Kier alpha value is -1.35. The van der Waals surface area contributed by atoms with Crippen LogP contribution in [-0.2, 0) is 11.3 Å². The van der Waals surface area contributed by atoms with E-state index in [0.717, 1.165) is 50.9 Å². The van der Waals surface area contributed by atoms with Gasteiger partial charge >= 0.3 is 0 Å². The largest absolute Gasteiger partial charge is 0.384 e. The van der Waals surface area contributed by atoms with Gasteiger partial charge in [0.05, 0.1) is 0 Å². The number of piperazine rings is 1. The molecule has 0 aromatic carbocycles. The molecule has 0 unspecified atom stereocenters. The van der Waals surface area contributed by atoms with Crippen LogP contribution in [0.2, 0.25) is 0 Å². The van der Waals surface area contributed by atoms with E-state index in [-0.39, 0.29) is 18.1 Å². The Kier molecular flexibility index (Phi) is 4.29. The fraction of sp³-hybridized carbons (Fsp3) is 0.562. The molecule has 112 valence electrons. The highest BCUT2D eigenvalue weighted by Crippen LogP contribution is 2.38. The lowest BCUT2D eigenvalue weighted by Gasteiger charge is -2.43. The van der Waals surface area contributed by atoms with E-state index in [9.17, 15) is 4.79 Å². The molecule has 21 heavy (non-hydrogen) atoms. The van der Waals surface area contributed by atoms with Crippen molar-refractivity contribution >= 4 is 17.2 Å². The number of nitrogens with zero attached hydrogens (tertiary/aromatic N) is 1. The summed E-state index contributed by atoms with van der Waals surface area (Å²) in [5, 5.41) is 13.8. The van der Waals surface area contributed by atoms with Gasteiger partial charge in [0.2, 0.25) is 5.91 Å². The lowest BCUT2D eigenvalue weighted by Crippen LogP contribution is -2.63. The first-order chi connectivity index (χ1) is 10.2. The number of amides is 1. The van der Waals surface area contributed by atoms with Crippen LogP contribution in [-0.4, -0.2) is 41.1 Å². The molecule has 2 heterocycles. The van der Waals surface area contributed by atoms with Crippen LogP contribution < -0.4 is 5.32 Å². The van der Waals surface area contributed by atoms with E-state index in [1.54, 1.807) is 11.3 Å². The number of aliphatic hydroxyl groups excluding tert-OH is 1. The van der Waals surface area contributed by atoms with Crippen molar-refractivity contribution < 1.29 is 9.90 Å². The molecule has 2 fully saturated rings. The first kappa shape index (κ1) is 14.6. The Bertz CT molecular complexity index is 579. The first-order valence-electron chi connectivity index (χ1n) is 7.45. The third kappa shape index (κ3) is 2.84. The van der Waals surface area contributed by atoms with Gasteiger partial charge in [-0.2, -0.15) is 0 Å². The molecule has 1 aliphatic heterocycles. The Morgan fingerprint density at radius 1 is 1.43 bits per heavy atom. The molecular weight excluding hydrogens is 284 g/mol. The Morgan fingerprint density at radius 2 is 2.24 bits per heavy atom. The summed E-state index contributed by atoms with van der Waals surface area (Å²) in [5.41, 5.74) is 0.671. The van der Waals surface area contributed by atoms with E-state index in [4.69, 9.17) is 5.11 Å². The van der Waals surface area contributed by atoms with Crippen molar-refractivity contribution in [1.82, 2.24) is 10.2 Å². The van der Waals surface area contributed by atoms with E-state index >= 15 is 0 Å². The van der Waals surface area contributed by atoms with Gasteiger partial charge in [-0.15, -0.1) is 11.3 Å². The fourth-order valence-corrected chi connectivity index (χ4v) is 4.25. The zero-order chi connectivity index (χ0) is 14.7. The molecule has 1 saturated heterocycles. The zero-order valence-corrected chi connectivity index (χ0v) is 12.8. The molecule has 0 radical (unpaired) electrons. The lowest BCUT2D eigenvalue weighted by molar-refractivity contribution is -0.137. The lowest BCUT2D eigenvalue weighted by atomic mass is 9.91. The number of carbonyl (C=O) groups is 1.